The number of aliphatic hydroxyl groups is 1. The van der Waals surface area contributed by atoms with Crippen molar-refractivity contribution in [3.8, 4) is 0 Å². The predicted molar refractivity (Wildman–Crippen MR) is 69.2 cm³/mol. The molecule has 0 amide bonds. The number of hydrogen-bond acceptors (Lipinski definition) is 3. The highest BCUT2D eigenvalue weighted by Gasteiger charge is 2.51. The SMILES string of the molecule is CC1=CC(=O)C(C2(C)CCCC2(C)C)=C(O)C1=O. The lowest BCUT2D eigenvalue weighted by molar-refractivity contribution is -0.119. The van der Waals surface area contributed by atoms with Crippen LogP contribution in [-0.2, 0) is 9.59 Å². The maximum absolute atomic E-state index is 12.2. The average molecular weight is 248 g/mol. The number of ketones is 2. The summed E-state index contributed by atoms with van der Waals surface area (Å²) in [6, 6.07) is 0. The van der Waals surface area contributed by atoms with E-state index >= 15 is 0 Å². The second-order valence-corrected chi connectivity index (χ2v) is 6.31. The lowest BCUT2D eigenvalue weighted by Crippen LogP contribution is -2.37. The van der Waals surface area contributed by atoms with Gasteiger partial charge in [0.05, 0.1) is 5.57 Å². The van der Waals surface area contributed by atoms with E-state index in [0.29, 0.717) is 11.1 Å². The normalized spacial score (nSPS) is 31.9. The standard InChI is InChI=1S/C15H20O3/c1-9-8-10(16)11(13(18)12(9)17)15(4)7-5-6-14(15,2)3/h8,18H,5-7H2,1-4H3. The van der Waals surface area contributed by atoms with Crippen molar-refractivity contribution in [2.24, 2.45) is 10.8 Å². The van der Waals surface area contributed by atoms with Crippen molar-refractivity contribution in [2.75, 3.05) is 0 Å². The van der Waals surface area contributed by atoms with E-state index in [1.165, 1.54) is 6.08 Å². The van der Waals surface area contributed by atoms with Crippen LogP contribution in [0.5, 0.6) is 0 Å². The molecule has 1 saturated carbocycles. The van der Waals surface area contributed by atoms with Crippen LogP contribution in [-0.4, -0.2) is 16.7 Å². The highest BCUT2D eigenvalue weighted by molar-refractivity contribution is 6.21. The van der Waals surface area contributed by atoms with Gasteiger partial charge in [0.15, 0.2) is 11.5 Å². The molecule has 0 aromatic carbocycles. The first-order valence-electron chi connectivity index (χ1n) is 6.42. The third-order valence-electron chi connectivity index (χ3n) is 4.93. The van der Waals surface area contributed by atoms with E-state index in [1.807, 2.05) is 6.92 Å². The molecule has 1 atom stereocenters. The summed E-state index contributed by atoms with van der Waals surface area (Å²) in [7, 11) is 0. The zero-order valence-electron chi connectivity index (χ0n) is 11.5. The highest BCUT2D eigenvalue weighted by Crippen LogP contribution is 2.57. The van der Waals surface area contributed by atoms with Crippen LogP contribution >= 0.6 is 0 Å². The summed E-state index contributed by atoms with van der Waals surface area (Å²) in [5, 5.41) is 10.1. The van der Waals surface area contributed by atoms with Gasteiger partial charge in [0.25, 0.3) is 0 Å². The van der Waals surface area contributed by atoms with Crippen LogP contribution < -0.4 is 0 Å². The predicted octanol–water partition coefficient (Wildman–Crippen LogP) is 3.11. The highest BCUT2D eigenvalue weighted by atomic mass is 16.3. The molecule has 0 aliphatic heterocycles. The number of allylic oxidation sites excluding steroid dienone is 3. The topological polar surface area (TPSA) is 54.4 Å². The number of rotatable bonds is 1. The van der Waals surface area contributed by atoms with E-state index in [4.69, 9.17) is 0 Å². The van der Waals surface area contributed by atoms with Crippen LogP contribution in [0.2, 0.25) is 0 Å². The molecule has 2 aliphatic rings. The molecular weight excluding hydrogens is 228 g/mol. The maximum Gasteiger partial charge on any atom is 0.223 e. The zero-order valence-corrected chi connectivity index (χ0v) is 11.5. The van der Waals surface area contributed by atoms with Crippen molar-refractivity contribution in [3.63, 3.8) is 0 Å². The summed E-state index contributed by atoms with van der Waals surface area (Å²) in [6.07, 6.45) is 4.22. The molecule has 3 heteroatoms. The molecule has 0 saturated heterocycles. The number of hydrogen-bond donors (Lipinski definition) is 1. The average Bonchev–Trinajstić information content (AvgIpc) is 2.51. The monoisotopic (exact) mass is 248 g/mol. The Hall–Kier alpha value is -1.38. The molecule has 1 unspecified atom stereocenters. The quantitative estimate of drug-likeness (QED) is 0.725. The summed E-state index contributed by atoms with van der Waals surface area (Å²) in [4.78, 5) is 24.1. The molecule has 1 fully saturated rings. The molecule has 0 heterocycles. The Balaban J connectivity index is 2.58. The molecule has 18 heavy (non-hydrogen) atoms. The van der Waals surface area contributed by atoms with Gasteiger partial charge in [-0.05, 0) is 31.3 Å². The van der Waals surface area contributed by atoms with Gasteiger partial charge in [-0.3, -0.25) is 9.59 Å². The Bertz CT molecular complexity index is 494. The van der Waals surface area contributed by atoms with Gasteiger partial charge in [-0.25, -0.2) is 0 Å². The lowest BCUT2D eigenvalue weighted by Gasteiger charge is -2.40. The minimum Gasteiger partial charge on any atom is -0.504 e. The second kappa shape index (κ2) is 3.81. The molecule has 2 aliphatic carbocycles. The fourth-order valence-corrected chi connectivity index (χ4v) is 3.25. The van der Waals surface area contributed by atoms with Gasteiger partial charge in [0.2, 0.25) is 5.78 Å². The molecule has 1 N–H and O–H groups in total. The third kappa shape index (κ3) is 1.57. The van der Waals surface area contributed by atoms with E-state index in [2.05, 4.69) is 13.8 Å². The molecule has 0 aromatic heterocycles. The van der Waals surface area contributed by atoms with Gasteiger partial charge < -0.3 is 5.11 Å². The van der Waals surface area contributed by atoms with Crippen LogP contribution in [0, 0.1) is 10.8 Å². The van der Waals surface area contributed by atoms with Crippen LogP contribution in [0.15, 0.2) is 23.0 Å². The Labute approximate surface area is 108 Å². The van der Waals surface area contributed by atoms with Gasteiger partial charge in [0, 0.05) is 11.0 Å². The maximum atomic E-state index is 12.2. The van der Waals surface area contributed by atoms with Crippen LogP contribution in [0.25, 0.3) is 0 Å². The Morgan fingerprint density at radius 1 is 1.17 bits per heavy atom. The molecule has 2 rings (SSSR count). The zero-order chi connectivity index (χ0) is 13.7. The fraction of sp³-hybridized carbons (Fsp3) is 0.600. The smallest absolute Gasteiger partial charge is 0.223 e. The number of carbonyl (C=O) groups is 2. The van der Waals surface area contributed by atoms with E-state index in [1.54, 1.807) is 6.92 Å². The Morgan fingerprint density at radius 3 is 2.28 bits per heavy atom. The summed E-state index contributed by atoms with van der Waals surface area (Å²) in [5.74, 6) is -0.951. The van der Waals surface area contributed by atoms with Crippen molar-refractivity contribution in [2.45, 2.75) is 47.0 Å². The van der Waals surface area contributed by atoms with Crippen molar-refractivity contribution in [3.05, 3.63) is 23.0 Å². The van der Waals surface area contributed by atoms with E-state index in [9.17, 15) is 14.7 Å². The first kappa shape index (κ1) is 13.1. The molecule has 0 spiro atoms. The molecule has 0 bridgehead atoms. The molecule has 0 radical (unpaired) electrons. The first-order chi connectivity index (χ1) is 8.21. The van der Waals surface area contributed by atoms with Crippen molar-refractivity contribution in [1.29, 1.82) is 0 Å². The Kier molecular flexibility index (Phi) is 2.76. The second-order valence-electron chi connectivity index (χ2n) is 6.31. The summed E-state index contributed by atoms with van der Waals surface area (Å²) in [5.41, 5.74) is 0.146. The van der Waals surface area contributed by atoms with Gasteiger partial charge in [0.1, 0.15) is 0 Å². The Morgan fingerprint density at radius 2 is 1.78 bits per heavy atom. The largest absolute Gasteiger partial charge is 0.504 e. The summed E-state index contributed by atoms with van der Waals surface area (Å²) in [6.45, 7) is 7.76. The summed E-state index contributed by atoms with van der Waals surface area (Å²) < 4.78 is 0. The van der Waals surface area contributed by atoms with Crippen LogP contribution in [0.3, 0.4) is 0 Å². The number of carbonyl (C=O) groups excluding carboxylic acids is 2. The minimum atomic E-state index is -0.416. The van der Waals surface area contributed by atoms with Gasteiger partial charge >= 0.3 is 0 Å². The number of aliphatic hydroxyl groups excluding tert-OH is 1. The van der Waals surface area contributed by atoms with Crippen LogP contribution in [0.1, 0.15) is 47.0 Å². The van der Waals surface area contributed by atoms with E-state index < -0.39 is 11.2 Å². The van der Waals surface area contributed by atoms with E-state index in [-0.39, 0.29) is 17.0 Å². The van der Waals surface area contributed by atoms with Gasteiger partial charge in [-0.2, -0.15) is 0 Å². The first-order valence-corrected chi connectivity index (χ1v) is 6.42. The fourth-order valence-electron chi connectivity index (χ4n) is 3.25. The number of Topliss-reactive ketones (excluding diaryl/α,β-unsaturated/α-hetero) is 1. The van der Waals surface area contributed by atoms with Crippen molar-refractivity contribution in [1.82, 2.24) is 0 Å². The molecule has 3 nitrogen and oxygen atoms in total. The van der Waals surface area contributed by atoms with Crippen LogP contribution in [0.4, 0.5) is 0 Å². The molecule has 0 aromatic rings. The van der Waals surface area contributed by atoms with Gasteiger partial charge in [-0.15, -0.1) is 0 Å². The van der Waals surface area contributed by atoms with E-state index in [0.717, 1.165) is 19.3 Å². The minimum absolute atomic E-state index is 0.0780. The van der Waals surface area contributed by atoms with Crippen molar-refractivity contribution >= 4 is 11.6 Å². The van der Waals surface area contributed by atoms with Crippen molar-refractivity contribution < 1.29 is 14.7 Å². The summed E-state index contributed by atoms with van der Waals surface area (Å²) >= 11 is 0. The molecular formula is C15H20O3. The third-order valence-corrected chi connectivity index (χ3v) is 4.93. The van der Waals surface area contributed by atoms with Gasteiger partial charge in [-0.1, -0.05) is 27.2 Å². The molecule has 98 valence electrons. The lowest BCUT2D eigenvalue weighted by atomic mass is 9.62.